The van der Waals surface area contributed by atoms with E-state index < -0.39 is 11.9 Å². The van der Waals surface area contributed by atoms with Crippen LogP contribution in [0, 0.1) is 27.7 Å². The van der Waals surface area contributed by atoms with Gasteiger partial charge in [0.15, 0.2) is 0 Å². The number of carbonyl (C=O) groups excluding carboxylic acids is 1. The van der Waals surface area contributed by atoms with Gasteiger partial charge in [-0.05, 0) is 80.6 Å². The zero-order valence-electron chi connectivity index (χ0n) is 18.5. The van der Waals surface area contributed by atoms with Gasteiger partial charge in [-0.15, -0.1) is 0 Å². The molecule has 0 heterocycles. The van der Waals surface area contributed by atoms with Crippen LogP contribution < -0.4 is 4.74 Å². The number of hydrogen-bond acceptors (Lipinski definition) is 4. The van der Waals surface area contributed by atoms with Crippen molar-refractivity contribution in [1.82, 2.24) is 0 Å². The summed E-state index contributed by atoms with van der Waals surface area (Å²) in [7, 11) is 0. The fourth-order valence-corrected chi connectivity index (χ4v) is 3.28. The molecule has 3 rings (SSSR count). The molecule has 0 aromatic heterocycles. The van der Waals surface area contributed by atoms with E-state index in [2.05, 4.69) is 0 Å². The minimum absolute atomic E-state index is 0.309. The number of aryl methyl sites for hydroxylation is 4. The number of carbonyl (C=O) groups is 3. The van der Waals surface area contributed by atoms with Gasteiger partial charge in [0.25, 0.3) is 6.47 Å². The molecule has 0 bridgehead atoms. The molecular formula is C26H26O6. The summed E-state index contributed by atoms with van der Waals surface area (Å²) in [5.74, 6) is -1.27. The van der Waals surface area contributed by atoms with Gasteiger partial charge in [-0.2, -0.15) is 0 Å². The van der Waals surface area contributed by atoms with Crippen molar-refractivity contribution < 1.29 is 29.3 Å². The molecule has 2 N–H and O–H groups in total. The second-order valence-corrected chi connectivity index (χ2v) is 7.63. The Morgan fingerprint density at radius 2 is 1.34 bits per heavy atom. The minimum Gasteiger partial charge on any atom is -0.478 e. The van der Waals surface area contributed by atoms with Crippen LogP contribution in [0.15, 0.2) is 54.6 Å². The topological polar surface area (TPSA) is 101 Å². The molecule has 0 aliphatic carbocycles. The van der Waals surface area contributed by atoms with E-state index in [1.165, 1.54) is 0 Å². The molecule has 0 radical (unpaired) electrons. The number of rotatable bonds is 6. The molecule has 0 aliphatic rings. The zero-order chi connectivity index (χ0) is 23.8. The molecule has 6 heteroatoms. The molecule has 0 spiro atoms. The van der Waals surface area contributed by atoms with Gasteiger partial charge in [-0.1, -0.05) is 41.5 Å². The van der Waals surface area contributed by atoms with E-state index in [-0.39, 0.29) is 0 Å². The van der Waals surface area contributed by atoms with E-state index in [4.69, 9.17) is 14.9 Å². The fraction of sp³-hybridized carbons (Fsp3) is 0.192. The van der Waals surface area contributed by atoms with Crippen LogP contribution in [-0.4, -0.2) is 28.6 Å². The summed E-state index contributed by atoms with van der Waals surface area (Å²) in [5, 5.41) is 17.8. The average Bonchev–Trinajstić information content (AvgIpc) is 2.71. The lowest BCUT2D eigenvalue weighted by Crippen LogP contribution is -2.01. The molecule has 32 heavy (non-hydrogen) atoms. The van der Waals surface area contributed by atoms with Crippen LogP contribution in [0.5, 0.6) is 5.75 Å². The Hall–Kier alpha value is -3.93. The monoisotopic (exact) mass is 434 g/mol. The van der Waals surface area contributed by atoms with Gasteiger partial charge >= 0.3 is 11.9 Å². The maximum atomic E-state index is 11.2. The Bertz CT molecular complexity index is 1130. The molecule has 0 atom stereocenters. The number of benzene rings is 3. The summed E-state index contributed by atoms with van der Waals surface area (Å²) in [5.41, 5.74) is 6.12. The molecular weight excluding hydrogens is 408 g/mol. The lowest BCUT2D eigenvalue weighted by atomic mass is 9.99. The van der Waals surface area contributed by atoms with Crippen LogP contribution in [-0.2, 0) is 11.2 Å². The number of carboxylic acids is 2. The summed E-state index contributed by atoms with van der Waals surface area (Å²) in [4.78, 5) is 32.1. The maximum absolute atomic E-state index is 11.2. The van der Waals surface area contributed by atoms with Crippen molar-refractivity contribution >= 4 is 18.4 Å². The summed E-state index contributed by atoms with van der Waals surface area (Å²) in [6.45, 7) is 7.81. The number of hydrogen-bond donors (Lipinski definition) is 2. The highest BCUT2D eigenvalue weighted by atomic mass is 16.5. The second-order valence-electron chi connectivity index (χ2n) is 7.63. The van der Waals surface area contributed by atoms with Crippen LogP contribution in [0.4, 0.5) is 0 Å². The minimum atomic E-state index is -0.928. The van der Waals surface area contributed by atoms with E-state index in [1.54, 1.807) is 37.3 Å². The van der Waals surface area contributed by atoms with Gasteiger partial charge in [-0.3, -0.25) is 4.79 Å². The number of ether oxygens (including phenoxy) is 1. The van der Waals surface area contributed by atoms with Crippen LogP contribution in [0.25, 0.3) is 0 Å². The average molecular weight is 434 g/mol. The molecule has 0 unspecified atom stereocenters. The van der Waals surface area contributed by atoms with Crippen molar-refractivity contribution in [3.05, 3.63) is 99.1 Å². The predicted octanol–water partition coefficient (Wildman–Crippen LogP) is 5.13. The first-order chi connectivity index (χ1) is 15.1. The summed E-state index contributed by atoms with van der Waals surface area (Å²) < 4.78 is 4.92. The van der Waals surface area contributed by atoms with Crippen molar-refractivity contribution in [2.75, 3.05) is 0 Å². The summed E-state index contributed by atoms with van der Waals surface area (Å²) >= 11 is 0. The largest absolute Gasteiger partial charge is 0.478 e. The standard InChI is InChI=1S/C17H16O4.C9H10O2/c1-11-3-5-13(8-15(11)17(19)20)7-14-6-4-12(2)16(9-14)21-10-18;1-6-3-7(2)5-8(4-6)9(10)11/h3-6,8-10H,7H2,1-2H3,(H,19,20);3-5H,1-2H3,(H,10,11). The van der Waals surface area contributed by atoms with Crippen molar-refractivity contribution in [2.24, 2.45) is 0 Å². The number of carboxylic acid groups (broad SMARTS) is 2. The normalized spacial score (nSPS) is 10.0. The Morgan fingerprint density at radius 1 is 0.781 bits per heavy atom. The predicted molar refractivity (Wildman–Crippen MR) is 122 cm³/mol. The van der Waals surface area contributed by atoms with Gasteiger partial charge < -0.3 is 14.9 Å². The molecule has 166 valence electrons. The quantitative estimate of drug-likeness (QED) is 0.522. The Balaban J connectivity index is 0.000000278. The smallest absolute Gasteiger partial charge is 0.335 e. The third-order valence-electron chi connectivity index (χ3n) is 4.84. The second kappa shape index (κ2) is 10.9. The molecule has 3 aromatic carbocycles. The fourth-order valence-electron chi connectivity index (χ4n) is 3.28. The lowest BCUT2D eigenvalue weighted by molar-refractivity contribution is -0.120. The van der Waals surface area contributed by atoms with Crippen LogP contribution >= 0.6 is 0 Å². The van der Waals surface area contributed by atoms with Gasteiger partial charge in [0.1, 0.15) is 5.75 Å². The summed E-state index contributed by atoms with van der Waals surface area (Å²) in [6, 6.07) is 16.3. The van der Waals surface area contributed by atoms with Gasteiger partial charge in [0, 0.05) is 0 Å². The highest BCUT2D eigenvalue weighted by molar-refractivity contribution is 5.89. The molecule has 0 saturated carbocycles. The lowest BCUT2D eigenvalue weighted by Gasteiger charge is -2.08. The van der Waals surface area contributed by atoms with Crippen molar-refractivity contribution in [1.29, 1.82) is 0 Å². The molecule has 6 nitrogen and oxygen atoms in total. The SMILES string of the molecule is Cc1cc(C)cc(C(=O)O)c1.Cc1ccc(Cc2ccc(C)c(C(=O)O)c2)cc1OC=O. The first-order valence-corrected chi connectivity index (χ1v) is 9.95. The van der Waals surface area contributed by atoms with Crippen LogP contribution in [0.3, 0.4) is 0 Å². The van der Waals surface area contributed by atoms with E-state index in [1.807, 2.05) is 45.0 Å². The number of aromatic carboxylic acids is 2. The van der Waals surface area contributed by atoms with Crippen molar-refractivity contribution in [3.63, 3.8) is 0 Å². The maximum Gasteiger partial charge on any atom is 0.335 e. The Morgan fingerprint density at radius 3 is 1.88 bits per heavy atom. The Labute approximate surface area is 187 Å². The third kappa shape index (κ3) is 6.80. The van der Waals surface area contributed by atoms with Gasteiger partial charge in [0.05, 0.1) is 11.1 Å². The molecule has 3 aromatic rings. The summed E-state index contributed by atoms with van der Waals surface area (Å²) in [6.07, 6.45) is 0.579. The molecule has 0 fully saturated rings. The Kier molecular flexibility index (Phi) is 8.30. The van der Waals surface area contributed by atoms with E-state index in [9.17, 15) is 14.4 Å². The highest BCUT2D eigenvalue weighted by Crippen LogP contribution is 2.22. The van der Waals surface area contributed by atoms with Crippen LogP contribution in [0.2, 0.25) is 0 Å². The first-order valence-electron chi connectivity index (χ1n) is 9.95. The third-order valence-corrected chi connectivity index (χ3v) is 4.84. The van der Waals surface area contributed by atoms with E-state index in [0.717, 1.165) is 33.4 Å². The molecule has 0 aliphatic heterocycles. The molecule has 0 saturated heterocycles. The zero-order valence-corrected chi connectivity index (χ0v) is 18.5. The van der Waals surface area contributed by atoms with Gasteiger partial charge in [-0.25, -0.2) is 9.59 Å². The van der Waals surface area contributed by atoms with E-state index >= 15 is 0 Å². The van der Waals surface area contributed by atoms with E-state index in [0.29, 0.717) is 29.8 Å². The first kappa shape index (κ1) is 24.3. The van der Waals surface area contributed by atoms with Gasteiger partial charge in [0.2, 0.25) is 0 Å². The van der Waals surface area contributed by atoms with Crippen molar-refractivity contribution in [2.45, 2.75) is 34.1 Å². The van der Waals surface area contributed by atoms with Crippen LogP contribution in [0.1, 0.15) is 54.1 Å². The molecule has 0 amide bonds. The highest BCUT2D eigenvalue weighted by Gasteiger charge is 2.09. The van der Waals surface area contributed by atoms with Crippen molar-refractivity contribution in [3.8, 4) is 5.75 Å².